The maximum Gasteiger partial charge on any atom is 0.239 e. The summed E-state index contributed by atoms with van der Waals surface area (Å²) in [5, 5.41) is 3.25. The molecular weight excluding hydrogens is 228 g/mol. The topological polar surface area (TPSA) is 64.3 Å². The summed E-state index contributed by atoms with van der Waals surface area (Å²) in [7, 11) is 1.64. The molecule has 0 aliphatic heterocycles. The molecule has 1 amide bonds. The fourth-order valence-corrected chi connectivity index (χ4v) is 1.83. The highest BCUT2D eigenvalue weighted by molar-refractivity contribution is 5.81. The lowest BCUT2D eigenvalue weighted by Gasteiger charge is -2.22. The monoisotopic (exact) mass is 250 g/mol. The Morgan fingerprint density at radius 1 is 1.44 bits per heavy atom. The minimum Gasteiger partial charge on any atom is -0.380 e. The summed E-state index contributed by atoms with van der Waals surface area (Å²) in [6.45, 7) is 4.58. The summed E-state index contributed by atoms with van der Waals surface area (Å²) in [6, 6.07) is 7.47. The third kappa shape index (κ3) is 3.82. The quantitative estimate of drug-likeness (QED) is 0.775. The van der Waals surface area contributed by atoms with Crippen molar-refractivity contribution in [3.8, 4) is 0 Å². The molecule has 2 unspecified atom stereocenters. The van der Waals surface area contributed by atoms with Crippen LogP contribution in [0.5, 0.6) is 0 Å². The van der Waals surface area contributed by atoms with E-state index in [1.54, 1.807) is 7.11 Å². The molecule has 0 fully saturated rings. The molecule has 0 bridgehead atoms. The Morgan fingerprint density at radius 3 is 2.67 bits per heavy atom. The van der Waals surface area contributed by atoms with E-state index in [1.165, 1.54) is 0 Å². The number of hydrogen-bond acceptors (Lipinski definition) is 3. The number of hydrogen-bond donors (Lipinski definition) is 2. The van der Waals surface area contributed by atoms with Gasteiger partial charge in [0.2, 0.25) is 5.91 Å². The van der Waals surface area contributed by atoms with E-state index in [9.17, 15) is 4.79 Å². The third-order valence-corrected chi connectivity index (χ3v) is 3.01. The highest BCUT2D eigenvalue weighted by Gasteiger charge is 2.21. The van der Waals surface area contributed by atoms with Crippen LogP contribution >= 0.6 is 0 Å². The van der Waals surface area contributed by atoms with E-state index in [0.29, 0.717) is 6.61 Å². The number of primary amides is 1. The van der Waals surface area contributed by atoms with Crippen LogP contribution < -0.4 is 11.1 Å². The second-order valence-corrected chi connectivity index (χ2v) is 4.44. The Labute approximate surface area is 109 Å². The normalized spacial score (nSPS) is 14.2. The number of nitrogens with one attached hydrogen (secondary N) is 1. The molecule has 0 aliphatic rings. The molecule has 0 heterocycles. The van der Waals surface area contributed by atoms with Crippen LogP contribution in [0.15, 0.2) is 24.3 Å². The Morgan fingerprint density at radius 2 is 2.11 bits per heavy atom. The van der Waals surface area contributed by atoms with Crippen LogP contribution in [0.3, 0.4) is 0 Å². The van der Waals surface area contributed by atoms with Crippen molar-refractivity contribution in [2.45, 2.75) is 39.0 Å². The number of nitrogens with two attached hydrogens (primary N) is 1. The molecule has 2 atom stereocenters. The van der Waals surface area contributed by atoms with E-state index in [0.717, 1.165) is 17.5 Å². The highest BCUT2D eigenvalue weighted by Crippen LogP contribution is 2.19. The van der Waals surface area contributed by atoms with Gasteiger partial charge in [-0.2, -0.15) is 0 Å². The van der Waals surface area contributed by atoms with Gasteiger partial charge in [-0.1, -0.05) is 31.2 Å². The number of carbonyl (C=O) groups excluding carboxylic acids is 1. The van der Waals surface area contributed by atoms with Crippen LogP contribution in [-0.4, -0.2) is 19.1 Å². The van der Waals surface area contributed by atoms with Gasteiger partial charge < -0.3 is 10.5 Å². The van der Waals surface area contributed by atoms with E-state index in [-0.39, 0.29) is 11.9 Å². The minimum absolute atomic E-state index is 0.234. The van der Waals surface area contributed by atoms with Gasteiger partial charge in [-0.15, -0.1) is 0 Å². The van der Waals surface area contributed by atoms with E-state index >= 15 is 0 Å². The van der Waals surface area contributed by atoms with Crippen LogP contribution in [0.25, 0.3) is 0 Å². The van der Waals surface area contributed by atoms with Crippen LogP contribution in [-0.2, 0) is 16.1 Å². The predicted octanol–water partition coefficient (Wildman–Crippen LogP) is 1.75. The van der Waals surface area contributed by atoms with E-state index < -0.39 is 6.04 Å². The number of rotatable bonds is 7. The second-order valence-electron chi connectivity index (χ2n) is 4.44. The van der Waals surface area contributed by atoms with Gasteiger partial charge in [0.25, 0.3) is 0 Å². The molecule has 4 heteroatoms. The lowest BCUT2D eigenvalue weighted by Crippen LogP contribution is -2.39. The number of ether oxygens (including phenoxy) is 1. The molecule has 1 aromatic carbocycles. The largest absolute Gasteiger partial charge is 0.380 e. The summed E-state index contributed by atoms with van der Waals surface area (Å²) in [4.78, 5) is 11.6. The molecule has 4 nitrogen and oxygen atoms in total. The van der Waals surface area contributed by atoms with Gasteiger partial charge in [0.15, 0.2) is 0 Å². The molecule has 18 heavy (non-hydrogen) atoms. The van der Waals surface area contributed by atoms with Crippen molar-refractivity contribution in [2.75, 3.05) is 7.11 Å². The Kier molecular flexibility index (Phi) is 5.82. The first-order valence-corrected chi connectivity index (χ1v) is 6.22. The van der Waals surface area contributed by atoms with Gasteiger partial charge in [0.05, 0.1) is 6.61 Å². The lowest BCUT2D eigenvalue weighted by molar-refractivity contribution is -0.120. The van der Waals surface area contributed by atoms with E-state index in [4.69, 9.17) is 10.5 Å². The fraction of sp³-hybridized carbons (Fsp3) is 0.500. The molecule has 1 rings (SSSR count). The molecule has 0 aliphatic carbocycles. The Bertz CT molecular complexity index is 393. The highest BCUT2D eigenvalue weighted by atomic mass is 16.5. The molecule has 3 N–H and O–H groups in total. The molecule has 0 saturated heterocycles. The molecule has 0 saturated carbocycles. The van der Waals surface area contributed by atoms with E-state index in [2.05, 4.69) is 12.2 Å². The number of methoxy groups -OCH3 is 1. The van der Waals surface area contributed by atoms with Crippen molar-refractivity contribution in [2.24, 2.45) is 5.73 Å². The van der Waals surface area contributed by atoms with Crippen molar-refractivity contribution in [1.29, 1.82) is 0 Å². The summed E-state index contributed by atoms with van der Waals surface area (Å²) in [6.07, 6.45) is 0.941. The number of carbonyl (C=O) groups is 1. The third-order valence-electron chi connectivity index (χ3n) is 3.01. The maximum absolute atomic E-state index is 11.6. The first-order valence-electron chi connectivity index (χ1n) is 6.22. The van der Waals surface area contributed by atoms with Gasteiger partial charge in [-0.3, -0.25) is 10.1 Å². The first-order chi connectivity index (χ1) is 8.60. The van der Waals surface area contributed by atoms with Gasteiger partial charge in [0, 0.05) is 13.2 Å². The maximum atomic E-state index is 11.6. The van der Waals surface area contributed by atoms with Gasteiger partial charge in [-0.05, 0) is 24.5 Å². The lowest BCUT2D eigenvalue weighted by atomic mass is 9.99. The zero-order chi connectivity index (χ0) is 13.5. The summed E-state index contributed by atoms with van der Waals surface area (Å²) >= 11 is 0. The van der Waals surface area contributed by atoms with Gasteiger partial charge in [-0.25, -0.2) is 0 Å². The first kappa shape index (κ1) is 14.7. The zero-order valence-electron chi connectivity index (χ0n) is 11.3. The van der Waals surface area contributed by atoms with Crippen LogP contribution in [0.4, 0.5) is 0 Å². The zero-order valence-corrected chi connectivity index (χ0v) is 11.3. The Balaban J connectivity index is 3.01. The van der Waals surface area contributed by atoms with Crippen LogP contribution in [0.1, 0.15) is 37.4 Å². The van der Waals surface area contributed by atoms with Gasteiger partial charge in [0.1, 0.15) is 6.04 Å². The molecule has 0 radical (unpaired) electrons. The van der Waals surface area contributed by atoms with Crippen molar-refractivity contribution in [3.63, 3.8) is 0 Å². The number of benzene rings is 1. The second kappa shape index (κ2) is 7.13. The summed E-state index contributed by atoms with van der Waals surface area (Å²) in [5.74, 6) is -0.362. The van der Waals surface area contributed by atoms with Crippen molar-refractivity contribution in [3.05, 3.63) is 35.4 Å². The molecule has 1 aromatic rings. The van der Waals surface area contributed by atoms with Crippen molar-refractivity contribution in [1.82, 2.24) is 5.32 Å². The molecular formula is C14H22N2O2. The predicted molar refractivity (Wildman–Crippen MR) is 72.0 cm³/mol. The summed E-state index contributed by atoms with van der Waals surface area (Å²) < 4.78 is 5.15. The fourth-order valence-electron chi connectivity index (χ4n) is 1.83. The van der Waals surface area contributed by atoms with Gasteiger partial charge >= 0.3 is 0 Å². The molecule has 100 valence electrons. The molecule has 0 spiro atoms. The average molecular weight is 250 g/mol. The van der Waals surface area contributed by atoms with Crippen LogP contribution in [0.2, 0.25) is 0 Å². The van der Waals surface area contributed by atoms with Crippen LogP contribution in [0, 0.1) is 0 Å². The minimum atomic E-state index is -0.466. The number of amides is 1. The standard InChI is InChI=1S/C14H22N2O2/c1-4-10(2)16-13(14(15)17)12-8-6-5-7-11(12)9-18-3/h5-8,10,13,16H,4,9H2,1-3H3,(H2,15,17). The van der Waals surface area contributed by atoms with Crippen molar-refractivity contribution >= 4 is 5.91 Å². The summed E-state index contributed by atoms with van der Waals surface area (Å²) in [5.41, 5.74) is 7.38. The van der Waals surface area contributed by atoms with Crippen molar-refractivity contribution < 1.29 is 9.53 Å². The smallest absolute Gasteiger partial charge is 0.239 e. The Hall–Kier alpha value is -1.39. The SMILES string of the molecule is CCC(C)NC(C(N)=O)c1ccccc1COC. The molecule has 0 aromatic heterocycles. The average Bonchev–Trinajstić information content (AvgIpc) is 2.36. The van der Waals surface area contributed by atoms with E-state index in [1.807, 2.05) is 31.2 Å².